The van der Waals surface area contributed by atoms with E-state index in [4.69, 9.17) is 16.3 Å². The molecular formula is C17H18ClNO2. The summed E-state index contributed by atoms with van der Waals surface area (Å²) in [5.41, 5.74) is 2.70. The number of fused-ring (bicyclic) bond motifs is 1. The molecular weight excluding hydrogens is 286 g/mol. The average Bonchev–Trinajstić information content (AvgIpc) is 2.88. The molecule has 0 bridgehead atoms. The molecule has 21 heavy (non-hydrogen) atoms. The fourth-order valence-corrected chi connectivity index (χ4v) is 2.73. The minimum absolute atomic E-state index is 0.286. The van der Waals surface area contributed by atoms with E-state index in [1.807, 2.05) is 0 Å². The van der Waals surface area contributed by atoms with Gasteiger partial charge in [0.25, 0.3) is 0 Å². The average molecular weight is 304 g/mol. The van der Waals surface area contributed by atoms with Gasteiger partial charge in [0, 0.05) is 24.7 Å². The van der Waals surface area contributed by atoms with E-state index in [-0.39, 0.29) is 6.61 Å². The topological polar surface area (TPSA) is 32.7 Å². The number of benzene rings is 2. The molecule has 3 nitrogen and oxygen atoms in total. The first kappa shape index (κ1) is 14.4. The number of nitrogens with zero attached hydrogens (tertiary/aromatic N) is 1. The van der Waals surface area contributed by atoms with E-state index >= 15 is 0 Å². The van der Waals surface area contributed by atoms with Crippen LogP contribution in [0.4, 0.5) is 0 Å². The zero-order valence-corrected chi connectivity index (χ0v) is 12.5. The van der Waals surface area contributed by atoms with Crippen LogP contribution >= 0.6 is 11.6 Å². The van der Waals surface area contributed by atoms with Crippen LogP contribution in [-0.2, 0) is 13.1 Å². The summed E-state index contributed by atoms with van der Waals surface area (Å²) in [7, 11) is 0. The molecule has 0 spiro atoms. The molecule has 3 rings (SSSR count). The number of rotatable bonds is 5. The van der Waals surface area contributed by atoms with E-state index < -0.39 is 6.10 Å². The maximum Gasteiger partial charge on any atom is 0.119 e. The van der Waals surface area contributed by atoms with Gasteiger partial charge in [-0.05, 0) is 35.4 Å². The Morgan fingerprint density at radius 3 is 2.29 bits per heavy atom. The lowest BCUT2D eigenvalue weighted by Gasteiger charge is -2.19. The van der Waals surface area contributed by atoms with E-state index in [1.165, 1.54) is 11.1 Å². The monoisotopic (exact) mass is 303 g/mol. The van der Waals surface area contributed by atoms with Crippen molar-refractivity contribution in [3.05, 3.63) is 64.7 Å². The molecule has 110 valence electrons. The van der Waals surface area contributed by atoms with Crippen LogP contribution in [0.25, 0.3) is 0 Å². The smallest absolute Gasteiger partial charge is 0.119 e. The molecule has 0 saturated heterocycles. The van der Waals surface area contributed by atoms with Gasteiger partial charge in [0.2, 0.25) is 0 Å². The maximum absolute atomic E-state index is 10.1. The highest BCUT2D eigenvalue weighted by molar-refractivity contribution is 6.30. The molecule has 0 radical (unpaired) electrons. The van der Waals surface area contributed by atoms with Gasteiger partial charge in [-0.3, -0.25) is 4.90 Å². The van der Waals surface area contributed by atoms with Crippen molar-refractivity contribution in [3.8, 4) is 5.75 Å². The van der Waals surface area contributed by atoms with Gasteiger partial charge >= 0.3 is 0 Å². The van der Waals surface area contributed by atoms with Gasteiger partial charge < -0.3 is 9.84 Å². The maximum atomic E-state index is 10.1. The zero-order chi connectivity index (χ0) is 14.7. The Kier molecular flexibility index (Phi) is 4.44. The predicted octanol–water partition coefficient (Wildman–Crippen LogP) is 3.10. The lowest BCUT2D eigenvalue weighted by Crippen LogP contribution is -2.32. The number of ether oxygens (including phenoxy) is 1. The summed E-state index contributed by atoms with van der Waals surface area (Å²) in [4.78, 5) is 2.24. The van der Waals surface area contributed by atoms with Gasteiger partial charge in [-0.1, -0.05) is 35.9 Å². The van der Waals surface area contributed by atoms with Crippen molar-refractivity contribution < 1.29 is 9.84 Å². The van der Waals surface area contributed by atoms with Crippen molar-refractivity contribution in [3.63, 3.8) is 0 Å². The van der Waals surface area contributed by atoms with Gasteiger partial charge in [0.15, 0.2) is 0 Å². The van der Waals surface area contributed by atoms with Crippen LogP contribution in [-0.4, -0.2) is 29.3 Å². The van der Waals surface area contributed by atoms with Crippen molar-refractivity contribution in [2.24, 2.45) is 0 Å². The molecule has 2 aromatic carbocycles. The third-order valence-corrected chi connectivity index (χ3v) is 3.88. The highest BCUT2D eigenvalue weighted by Gasteiger charge is 2.20. The second kappa shape index (κ2) is 6.48. The predicted molar refractivity (Wildman–Crippen MR) is 83.5 cm³/mol. The lowest BCUT2D eigenvalue weighted by molar-refractivity contribution is 0.0673. The molecule has 1 unspecified atom stereocenters. The quantitative estimate of drug-likeness (QED) is 0.921. The Bertz CT molecular complexity index is 575. The number of hydrogen-bond acceptors (Lipinski definition) is 3. The van der Waals surface area contributed by atoms with Crippen LogP contribution in [0.3, 0.4) is 0 Å². The SMILES string of the molecule is OC(COc1ccc(Cl)cc1)CN1Cc2ccccc2C1. The highest BCUT2D eigenvalue weighted by Crippen LogP contribution is 2.22. The standard InChI is InChI=1S/C17H18ClNO2/c18-15-5-7-17(8-6-15)21-12-16(20)11-19-9-13-3-1-2-4-14(13)10-19/h1-8,16,20H,9-12H2. The number of hydrogen-bond donors (Lipinski definition) is 1. The van der Waals surface area contributed by atoms with Gasteiger partial charge in [-0.25, -0.2) is 0 Å². The number of aliphatic hydroxyl groups excluding tert-OH is 1. The second-order valence-electron chi connectivity index (χ2n) is 5.36. The van der Waals surface area contributed by atoms with E-state index in [2.05, 4.69) is 29.2 Å². The fourth-order valence-electron chi connectivity index (χ4n) is 2.61. The molecule has 0 saturated carbocycles. The molecule has 1 aliphatic heterocycles. The first-order valence-electron chi connectivity index (χ1n) is 7.06. The van der Waals surface area contributed by atoms with Crippen molar-refractivity contribution >= 4 is 11.6 Å². The molecule has 1 heterocycles. The Morgan fingerprint density at radius 2 is 1.67 bits per heavy atom. The van der Waals surface area contributed by atoms with Crippen LogP contribution in [0.15, 0.2) is 48.5 Å². The molecule has 2 aromatic rings. The van der Waals surface area contributed by atoms with Crippen LogP contribution in [0.5, 0.6) is 5.75 Å². The lowest BCUT2D eigenvalue weighted by atomic mass is 10.1. The molecule has 1 N–H and O–H groups in total. The number of halogens is 1. The number of β-amino-alcohol motifs (C(OH)–C–C–N with tert-alkyl or cyclic N) is 1. The van der Waals surface area contributed by atoms with Gasteiger partial charge in [-0.15, -0.1) is 0 Å². The minimum Gasteiger partial charge on any atom is -0.491 e. The summed E-state index contributed by atoms with van der Waals surface area (Å²) in [6.07, 6.45) is -0.505. The zero-order valence-electron chi connectivity index (χ0n) is 11.7. The van der Waals surface area contributed by atoms with Crippen LogP contribution in [0.1, 0.15) is 11.1 Å². The van der Waals surface area contributed by atoms with E-state index in [0.29, 0.717) is 11.6 Å². The Balaban J connectivity index is 1.47. The second-order valence-corrected chi connectivity index (χ2v) is 5.79. The summed E-state index contributed by atoms with van der Waals surface area (Å²) in [6.45, 7) is 2.69. The first-order valence-corrected chi connectivity index (χ1v) is 7.44. The molecule has 1 atom stereocenters. The molecule has 0 fully saturated rings. The van der Waals surface area contributed by atoms with Gasteiger partial charge in [0.05, 0.1) is 0 Å². The molecule has 1 aliphatic rings. The van der Waals surface area contributed by atoms with Crippen LogP contribution in [0.2, 0.25) is 5.02 Å². The Labute approximate surface area is 129 Å². The fraction of sp³-hybridized carbons (Fsp3) is 0.294. The van der Waals surface area contributed by atoms with E-state index in [0.717, 1.165) is 18.8 Å². The van der Waals surface area contributed by atoms with Crippen LogP contribution in [0, 0.1) is 0 Å². The van der Waals surface area contributed by atoms with Gasteiger partial charge in [-0.2, -0.15) is 0 Å². The van der Waals surface area contributed by atoms with E-state index in [9.17, 15) is 5.11 Å². The molecule has 0 aromatic heterocycles. The normalized spacial score (nSPS) is 15.7. The summed E-state index contributed by atoms with van der Waals surface area (Å²) in [5, 5.41) is 10.8. The highest BCUT2D eigenvalue weighted by atomic mass is 35.5. The Hall–Kier alpha value is -1.55. The summed E-state index contributed by atoms with van der Waals surface area (Å²) < 4.78 is 5.57. The third-order valence-electron chi connectivity index (χ3n) is 3.63. The molecule has 0 amide bonds. The van der Waals surface area contributed by atoms with Crippen molar-refractivity contribution in [2.45, 2.75) is 19.2 Å². The number of aliphatic hydroxyl groups is 1. The molecule has 4 heteroatoms. The van der Waals surface area contributed by atoms with E-state index in [1.54, 1.807) is 24.3 Å². The first-order chi connectivity index (χ1) is 10.2. The molecule has 0 aliphatic carbocycles. The Morgan fingerprint density at radius 1 is 1.05 bits per heavy atom. The largest absolute Gasteiger partial charge is 0.491 e. The van der Waals surface area contributed by atoms with Crippen LogP contribution < -0.4 is 4.74 Å². The third kappa shape index (κ3) is 3.76. The summed E-state index contributed by atoms with van der Waals surface area (Å²) in [6, 6.07) is 15.6. The van der Waals surface area contributed by atoms with Gasteiger partial charge in [0.1, 0.15) is 18.5 Å². The van der Waals surface area contributed by atoms with Crippen molar-refractivity contribution in [1.29, 1.82) is 0 Å². The van der Waals surface area contributed by atoms with Crippen molar-refractivity contribution in [2.75, 3.05) is 13.2 Å². The summed E-state index contributed by atoms with van der Waals surface area (Å²) >= 11 is 5.82. The summed E-state index contributed by atoms with van der Waals surface area (Å²) in [5.74, 6) is 0.725. The van der Waals surface area contributed by atoms with Crippen molar-refractivity contribution in [1.82, 2.24) is 4.90 Å². The minimum atomic E-state index is -0.505.